The molecule has 0 unspecified atom stereocenters. The fraction of sp³-hybridized carbons (Fsp3) is 0.556. The predicted octanol–water partition coefficient (Wildman–Crippen LogP) is -0.474. The zero-order valence-electron chi connectivity index (χ0n) is 16.5. The van der Waals surface area contributed by atoms with Gasteiger partial charge < -0.3 is 20.3 Å². The molecule has 28 heavy (non-hydrogen) atoms. The number of aryl methyl sites for hydroxylation is 1. The fourth-order valence-electron chi connectivity index (χ4n) is 2.72. The first kappa shape index (κ1) is 22.3. The zero-order chi connectivity index (χ0) is 20.7. The minimum absolute atomic E-state index is 0.102. The number of carbonyl (C=O) groups is 2. The number of carbonyl (C=O) groups excluding carboxylic acids is 2. The van der Waals surface area contributed by atoms with Crippen molar-refractivity contribution in [1.29, 1.82) is 0 Å². The second-order valence-electron chi connectivity index (χ2n) is 6.88. The summed E-state index contributed by atoms with van der Waals surface area (Å²) in [5.74, 6) is -1.56. The average Bonchev–Trinajstić information content (AvgIpc) is 3.12. The van der Waals surface area contributed by atoms with E-state index in [1.54, 1.807) is 24.3 Å². The van der Waals surface area contributed by atoms with Gasteiger partial charge in [0.05, 0.1) is 18.0 Å². The molecule has 10 heteroatoms. The molecule has 1 fully saturated rings. The molecule has 0 bridgehead atoms. The molecule has 2 N–H and O–H groups in total. The maximum atomic E-state index is 12.8. The van der Waals surface area contributed by atoms with Crippen LogP contribution >= 0.6 is 0 Å². The second kappa shape index (κ2) is 9.97. The molecular weight excluding hydrogens is 384 g/mol. The van der Waals surface area contributed by atoms with Crippen LogP contribution in [0.2, 0.25) is 0 Å². The molecule has 1 heterocycles. The largest absolute Gasteiger partial charge is 0.359 e. The van der Waals surface area contributed by atoms with Crippen LogP contribution in [0.3, 0.4) is 0 Å². The summed E-state index contributed by atoms with van der Waals surface area (Å²) in [4.78, 5) is 25.9. The molecule has 156 valence electrons. The minimum Gasteiger partial charge on any atom is -0.359 e. The van der Waals surface area contributed by atoms with E-state index in [-0.39, 0.29) is 24.6 Å². The van der Waals surface area contributed by atoms with Gasteiger partial charge in [-0.05, 0) is 46.1 Å². The Morgan fingerprint density at radius 1 is 1.18 bits per heavy atom. The standard InChI is InChI=1S/C18H28N4O5S/c1-14-5-7-15(8-6-14)28(25,26)22-11-12-27-16(22)13-20-18(24)17(23)19-9-4-10-21(2)3/h5-8,16H,4,9-13H2,1-3H3,(H,19,23)(H,20,24)/t16-/m1/s1. The number of sulfonamides is 1. The van der Waals surface area contributed by atoms with Crippen molar-refractivity contribution in [2.45, 2.75) is 24.5 Å². The molecule has 0 saturated carbocycles. The van der Waals surface area contributed by atoms with Gasteiger partial charge in [-0.25, -0.2) is 8.42 Å². The van der Waals surface area contributed by atoms with Crippen LogP contribution < -0.4 is 10.6 Å². The summed E-state index contributed by atoms with van der Waals surface area (Å²) < 4.78 is 32.3. The normalized spacial score (nSPS) is 17.6. The highest BCUT2D eigenvalue weighted by Crippen LogP contribution is 2.22. The lowest BCUT2D eigenvalue weighted by Gasteiger charge is -2.23. The lowest BCUT2D eigenvalue weighted by molar-refractivity contribution is -0.139. The monoisotopic (exact) mass is 412 g/mol. The van der Waals surface area contributed by atoms with Crippen molar-refractivity contribution in [3.05, 3.63) is 29.8 Å². The second-order valence-corrected chi connectivity index (χ2v) is 8.77. The van der Waals surface area contributed by atoms with Gasteiger partial charge in [-0.3, -0.25) is 9.59 Å². The Labute approximate surface area is 166 Å². The van der Waals surface area contributed by atoms with E-state index >= 15 is 0 Å². The highest BCUT2D eigenvalue weighted by atomic mass is 32.2. The zero-order valence-corrected chi connectivity index (χ0v) is 17.3. The van der Waals surface area contributed by atoms with Crippen LogP contribution in [0.1, 0.15) is 12.0 Å². The summed E-state index contributed by atoms with van der Waals surface area (Å²) in [6.45, 7) is 3.37. The number of nitrogens with zero attached hydrogens (tertiary/aromatic N) is 2. The first-order chi connectivity index (χ1) is 13.2. The Morgan fingerprint density at radius 2 is 1.82 bits per heavy atom. The fourth-order valence-corrected chi connectivity index (χ4v) is 4.24. The van der Waals surface area contributed by atoms with Crippen molar-refractivity contribution in [1.82, 2.24) is 19.8 Å². The number of hydrogen-bond acceptors (Lipinski definition) is 6. The molecule has 1 saturated heterocycles. The summed E-state index contributed by atoms with van der Waals surface area (Å²) in [6.07, 6.45) is -0.128. The minimum atomic E-state index is -3.75. The third-order valence-corrected chi connectivity index (χ3v) is 6.18. The summed E-state index contributed by atoms with van der Waals surface area (Å²) >= 11 is 0. The van der Waals surface area contributed by atoms with Gasteiger partial charge in [0, 0.05) is 13.1 Å². The van der Waals surface area contributed by atoms with Crippen molar-refractivity contribution in [2.24, 2.45) is 0 Å². The van der Waals surface area contributed by atoms with E-state index in [4.69, 9.17) is 4.74 Å². The number of amides is 2. The van der Waals surface area contributed by atoms with E-state index in [1.807, 2.05) is 25.9 Å². The van der Waals surface area contributed by atoms with E-state index in [1.165, 1.54) is 4.31 Å². The van der Waals surface area contributed by atoms with Crippen LogP contribution in [0.15, 0.2) is 29.2 Å². The topological polar surface area (TPSA) is 108 Å². The Bertz CT molecular complexity index is 780. The lowest BCUT2D eigenvalue weighted by Crippen LogP contribution is -2.47. The molecule has 1 aromatic rings. The summed E-state index contributed by atoms with van der Waals surface area (Å²) in [7, 11) is 0.0996. The van der Waals surface area contributed by atoms with Crippen molar-refractivity contribution >= 4 is 21.8 Å². The van der Waals surface area contributed by atoms with Gasteiger partial charge in [0.25, 0.3) is 0 Å². The quantitative estimate of drug-likeness (QED) is 0.441. The number of benzene rings is 1. The molecule has 0 aliphatic carbocycles. The van der Waals surface area contributed by atoms with E-state index in [0.717, 1.165) is 18.5 Å². The third kappa shape index (κ3) is 5.99. The molecule has 2 rings (SSSR count). The molecule has 0 radical (unpaired) electrons. The average molecular weight is 413 g/mol. The van der Waals surface area contributed by atoms with Crippen LogP contribution in [0, 0.1) is 6.92 Å². The molecule has 0 aromatic heterocycles. The van der Waals surface area contributed by atoms with Gasteiger partial charge in [-0.15, -0.1) is 0 Å². The Hall–Kier alpha value is -2.01. The van der Waals surface area contributed by atoms with Gasteiger partial charge in [0.15, 0.2) is 0 Å². The first-order valence-corrected chi connectivity index (χ1v) is 10.6. The summed E-state index contributed by atoms with van der Waals surface area (Å²) in [5, 5.41) is 4.98. The van der Waals surface area contributed by atoms with Crippen molar-refractivity contribution in [3.63, 3.8) is 0 Å². The highest BCUT2D eigenvalue weighted by molar-refractivity contribution is 7.89. The van der Waals surface area contributed by atoms with Gasteiger partial charge in [0.1, 0.15) is 6.23 Å². The van der Waals surface area contributed by atoms with Crippen molar-refractivity contribution < 1.29 is 22.7 Å². The molecule has 1 aliphatic rings. The number of rotatable bonds is 8. The maximum absolute atomic E-state index is 12.8. The third-order valence-electron chi connectivity index (χ3n) is 4.28. The molecule has 2 amide bonds. The van der Waals surface area contributed by atoms with Crippen LogP contribution in [-0.4, -0.2) is 82.5 Å². The molecule has 1 aromatic carbocycles. The van der Waals surface area contributed by atoms with Crippen LogP contribution in [0.25, 0.3) is 0 Å². The van der Waals surface area contributed by atoms with Crippen LogP contribution in [-0.2, 0) is 24.3 Å². The van der Waals surface area contributed by atoms with Gasteiger partial charge in [-0.2, -0.15) is 4.31 Å². The number of hydrogen-bond donors (Lipinski definition) is 2. The number of ether oxygens (including phenoxy) is 1. The van der Waals surface area contributed by atoms with Crippen molar-refractivity contribution in [2.75, 3.05) is 46.9 Å². The van der Waals surface area contributed by atoms with Gasteiger partial charge >= 0.3 is 11.8 Å². The van der Waals surface area contributed by atoms with E-state index in [0.29, 0.717) is 6.54 Å². The number of nitrogens with one attached hydrogen (secondary N) is 2. The van der Waals surface area contributed by atoms with Gasteiger partial charge in [-0.1, -0.05) is 17.7 Å². The smallest absolute Gasteiger partial charge is 0.309 e. The molecule has 1 atom stereocenters. The van der Waals surface area contributed by atoms with E-state index in [2.05, 4.69) is 10.6 Å². The highest BCUT2D eigenvalue weighted by Gasteiger charge is 2.36. The van der Waals surface area contributed by atoms with Crippen molar-refractivity contribution in [3.8, 4) is 0 Å². The summed E-state index contributed by atoms with van der Waals surface area (Å²) in [5.41, 5.74) is 0.956. The molecular formula is C18H28N4O5S. The molecule has 1 aliphatic heterocycles. The molecule has 9 nitrogen and oxygen atoms in total. The summed E-state index contributed by atoms with van der Waals surface area (Å²) in [6, 6.07) is 6.53. The Kier molecular flexibility index (Phi) is 7.93. The van der Waals surface area contributed by atoms with E-state index in [9.17, 15) is 18.0 Å². The SMILES string of the molecule is Cc1ccc(S(=O)(=O)N2CCO[C@@H]2CNC(=O)C(=O)NCCCN(C)C)cc1. The Balaban J connectivity index is 1.88. The molecule has 0 spiro atoms. The van der Waals surface area contributed by atoms with Crippen LogP contribution in [0.4, 0.5) is 0 Å². The van der Waals surface area contributed by atoms with Gasteiger partial charge in [0.2, 0.25) is 10.0 Å². The predicted molar refractivity (Wildman–Crippen MR) is 104 cm³/mol. The van der Waals surface area contributed by atoms with E-state index < -0.39 is 28.1 Å². The first-order valence-electron chi connectivity index (χ1n) is 9.12. The van der Waals surface area contributed by atoms with Crippen LogP contribution in [0.5, 0.6) is 0 Å². The maximum Gasteiger partial charge on any atom is 0.309 e. The Morgan fingerprint density at radius 3 is 2.46 bits per heavy atom. The lowest BCUT2D eigenvalue weighted by atomic mass is 10.2.